The SMILES string of the molecule is CCCCC(CC)CC1CCC2OC2C1. The van der Waals surface area contributed by atoms with Crippen LogP contribution in [0.15, 0.2) is 0 Å². The molecule has 1 heteroatoms. The highest BCUT2D eigenvalue weighted by Gasteiger charge is 2.43. The lowest BCUT2D eigenvalue weighted by Gasteiger charge is -2.24. The number of hydrogen-bond donors (Lipinski definition) is 0. The average Bonchev–Trinajstić information content (AvgIpc) is 3.02. The highest BCUT2D eigenvalue weighted by Crippen LogP contribution is 2.42. The molecule has 0 N–H and O–H groups in total. The van der Waals surface area contributed by atoms with Crippen LogP contribution in [-0.4, -0.2) is 12.2 Å². The van der Waals surface area contributed by atoms with Gasteiger partial charge < -0.3 is 4.74 Å². The van der Waals surface area contributed by atoms with E-state index in [0.717, 1.165) is 11.8 Å². The Balaban J connectivity index is 1.68. The van der Waals surface area contributed by atoms with E-state index in [9.17, 15) is 0 Å². The molecule has 0 radical (unpaired) electrons. The van der Waals surface area contributed by atoms with E-state index in [2.05, 4.69) is 13.8 Å². The van der Waals surface area contributed by atoms with Gasteiger partial charge in [0, 0.05) is 0 Å². The van der Waals surface area contributed by atoms with Gasteiger partial charge in [0.15, 0.2) is 0 Å². The van der Waals surface area contributed by atoms with Gasteiger partial charge in [0.2, 0.25) is 0 Å². The van der Waals surface area contributed by atoms with Gasteiger partial charge in [-0.15, -0.1) is 0 Å². The van der Waals surface area contributed by atoms with Crippen molar-refractivity contribution in [1.82, 2.24) is 0 Å². The Kier molecular flexibility index (Phi) is 4.07. The zero-order valence-electron chi connectivity index (χ0n) is 10.4. The maximum Gasteiger partial charge on any atom is 0.0844 e. The Bertz CT molecular complexity index is 190. The Morgan fingerprint density at radius 1 is 1.20 bits per heavy atom. The largest absolute Gasteiger partial charge is 0.370 e. The molecular formula is C14H26O. The summed E-state index contributed by atoms with van der Waals surface area (Å²) in [5.74, 6) is 1.97. The van der Waals surface area contributed by atoms with Gasteiger partial charge >= 0.3 is 0 Å². The van der Waals surface area contributed by atoms with Gasteiger partial charge in [-0.25, -0.2) is 0 Å². The van der Waals surface area contributed by atoms with Crippen molar-refractivity contribution >= 4 is 0 Å². The number of unbranched alkanes of at least 4 members (excludes halogenated alkanes) is 1. The van der Waals surface area contributed by atoms with Crippen LogP contribution in [0.5, 0.6) is 0 Å². The molecule has 4 atom stereocenters. The van der Waals surface area contributed by atoms with Crippen LogP contribution < -0.4 is 0 Å². The third-order valence-electron chi connectivity index (χ3n) is 4.32. The molecule has 0 aromatic carbocycles. The highest BCUT2D eigenvalue weighted by molar-refractivity contribution is 4.92. The Morgan fingerprint density at radius 3 is 2.73 bits per heavy atom. The zero-order chi connectivity index (χ0) is 10.7. The highest BCUT2D eigenvalue weighted by atomic mass is 16.6. The van der Waals surface area contributed by atoms with Crippen molar-refractivity contribution in [1.29, 1.82) is 0 Å². The minimum absolute atomic E-state index is 0.674. The molecule has 1 aliphatic carbocycles. The number of rotatable bonds is 6. The average molecular weight is 210 g/mol. The maximum absolute atomic E-state index is 5.60. The van der Waals surface area contributed by atoms with Gasteiger partial charge in [0.25, 0.3) is 0 Å². The molecule has 2 fully saturated rings. The van der Waals surface area contributed by atoms with E-state index in [1.807, 2.05) is 0 Å². The van der Waals surface area contributed by atoms with Crippen LogP contribution in [-0.2, 0) is 4.74 Å². The van der Waals surface area contributed by atoms with Gasteiger partial charge in [-0.1, -0.05) is 39.5 Å². The number of hydrogen-bond acceptors (Lipinski definition) is 1. The summed E-state index contributed by atoms with van der Waals surface area (Å²) in [4.78, 5) is 0. The topological polar surface area (TPSA) is 12.5 Å². The van der Waals surface area contributed by atoms with Crippen molar-refractivity contribution in [2.24, 2.45) is 11.8 Å². The molecule has 88 valence electrons. The quantitative estimate of drug-likeness (QED) is 0.600. The monoisotopic (exact) mass is 210 g/mol. The summed E-state index contributed by atoms with van der Waals surface area (Å²) in [5, 5.41) is 0. The van der Waals surface area contributed by atoms with E-state index in [-0.39, 0.29) is 0 Å². The maximum atomic E-state index is 5.60. The van der Waals surface area contributed by atoms with E-state index in [4.69, 9.17) is 4.74 Å². The van der Waals surface area contributed by atoms with Crippen LogP contribution in [0.2, 0.25) is 0 Å². The van der Waals surface area contributed by atoms with Crippen molar-refractivity contribution in [3.63, 3.8) is 0 Å². The number of epoxide rings is 1. The summed E-state index contributed by atoms with van der Waals surface area (Å²) < 4.78 is 5.60. The summed E-state index contributed by atoms with van der Waals surface area (Å²) >= 11 is 0. The number of ether oxygens (including phenoxy) is 1. The first-order chi connectivity index (χ1) is 7.33. The molecule has 15 heavy (non-hydrogen) atoms. The second kappa shape index (κ2) is 5.34. The predicted octanol–water partition coefficient (Wildman–Crippen LogP) is 4.16. The van der Waals surface area contributed by atoms with Crippen molar-refractivity contribution in [2.75, 3.05) is 0 Å². The molecule has 0 aromatic rings. The lowest BCUT2D eigenvalue weighted by molar-refractivity contribution is 0.284. The molecule has 4 unspecified atom stereocenters. The molecule has 0 bridgehead atoms. The van der Waals surface area contributed by atoms with Crippen LogP contribution in [0.4, 0.5) is 0 Å². The first kappa shape index (κ1) is 11.4. The van der Waals surface area contributed by atoms with Crippen molar-refractivity contribution < 1.29 is 4.74 Å². The second-order valence-corrected chi connectivity index (χ2v) is 5.54. The Hall–Kier alpha value is -0.0400. The lowest BCUT2D eigenvalue weighted by Crippen LogP contribution is -2.16. The molecule has 1 aliphatic heterocycles. The van der Waals surface area contributed by atoms with E-state index < -0.39 is 0 Å². The first-order valence-electron chi connectivity index (χ1n) is 6.98. The standard InChI is InChI=1S/C14H26O/c1-3-5-6-11(4-2)9-12-7-8-13-14(10-12)15-13/h11-14H,3-10H2,1-2H3. The minimum Gasteiger partial charge on any atom is -0.370 e. The summed E-state index contributed by atoms with van der Waals surface area (Å²) in [6, 6.07) is 0. The van der Waals surface area contributed by atoms with Gasteiger partial charge in [-0.3, -0.25) is 0 Å². The molecule has 1 heterocycles. The normalized spacial score (nSPS) is 36.0. The lowest BCUT2D eigenvalue weighted by atomic mass is 9.80. The van der Waals surface area contributed by atoms with Crippen LogP contribution in [0.3, 0.4) is 0 Å². The Labute approximate surface area is 94.6 Å². The van der Waals surface area contributed by atoms with Crippen LogP contribution in [0.25, 0.3) is 0 Å². The van der Waals surface area contributed by atoms with Crippen molar-refractivity contribution in [2.45, 2.75) is 77.4 Å². The van der Waals surface area contributed by atoms with Gasteiger partial charge in [0.05, 0.1) is 12.2 Å². The molecule has 2 rings (SSSR count). The fourth-order valence-electron chi connectivity index (χ4n) is 3.15. The molecule has 0 spiro atoms. The molecule has 2 aliphatic rings. The van der Waals surface area contributed by atoms with E-state index in [1.54, 1.807) is 0 Å². The van der Waals surface area contributed by atoms with Gasteiger partial charge in [-0.05, 0) is 37.5 Å². The third-order valence-corrected chi connectivity index (χ3v) is 4.32. The van der Waals surface area contributed by atoms with Gasteiger partial charge in [0.1, 0.15) is 0 Å². The van der Waals surface area contributed by atoms with Crippen molar-refractivity contribution in [3.05, 3.63) is 0 Å². The van der Waals surface area contributed by atoms with Crippen LogP contribution >= 0.6 is 0 Å². The molecule has 1 saturated heterocycles. The van der Waals surface area contributed by atoms with Crippen LogP contribution in [0.1, 0.15) is 65.2 Å². The molecule has 0 aromatic heterocycles. The fraction of sp³-hybridized carbons (Fsp3) is 1.00. The summed E-state index contributed by atoms with van der Waals surface area (Å²) in [6.45, 7) is 4.66. The summed E-state index contributed by atoms with van der Waals surface area (Å²) in [7, 11) is 0. The van der Waals surface area contributed by atoms with E-state index in [1.165, 1.54) is 51.4 Å². The summed E-state index contributed by atoms with van der Waals surface area (Å²) in [6.07, 6.45) is 12.6. The predicted molar refractivity (Wildman–Crippen MR) is 63.9 cm³/mol. The van der Waals surface area contributed by atoms with E-state index >= 15 is 0 Å². The van der Waals surface area contributed by atoms with Gasteiger partial charge in [-0.2, -0.15) is 0 Å². The summed E-state index contributed by atoms with van der Waals surface area (Å²) in [5.41, 5.74) is 0. The number of fused-ring (bicyclic) bond motifs is 1. The third kappa shape index (κ3) is 3.21. The zero-order valence-corrected chi connectivity index (χ0v) is 10.4. The minimum atomic E-state index is 0.674. The van der Waals surface area contributed by atoms with E-state index in [0.29, 0.717) is 12.2 Å². The fourth-order valence-corrected chi connectivity index (χ4v) is 3.15. The van der Waals surface area contributed by atoms with Crippen molar-refractivity contribution in [3.8, 4) is 0 Å². The Morgan fingerprint density at radius 2 is 2.07 bits per heavy atom. The molecule has 0 amide bonds. The second-order valence-electron chi connectivity index (χ2n) is 5.54. The molecule has 1 saturated carbocycles. The van der Waals surface area contributed by atoms with Crippen LogP contribution in [0, 0.1) is 11.8 Å². The smallest absolute Gasteiger partial charge is 0.0844 e. The molecular weight excluding hydrogens is 184 g/mol. The molecule has 1 nitrogen and oxygen atoms in total. The first-order valence-corrected chi connectivity index (χ1v) is 6.98.